The molecule has 2 aromatic carbocycles. The van der Waals surface area contributed by atoms with Crippen molar-refractivity contribution >= 4 is 6.09 Å². The molecule has 42 heavy (non-hydrogen) atoms. The molecule has 3 aromatic rings. The number of carbonyl (C=O) groups is 1. The number of halogens is 1. The molecule has 0 spiro atoms. The Bertz CT molecular complexity index is 1330. The summed E-state index contributed by atoms with van der Waals surface area (Å²) in [4.78, 5) is 19.7. The number of likely N-dealkylation sites (tertiary alicyclic amines) is 1. The molecule has 0 radical (unpaired) electrons. The molecule has 0 bridgehead atoms. The molecule has 0 unspecified atom stereocenters. The van der Waals surface area contributed by atoms with Gasteiger partial charge in [0.1, 0.15) is 23.8 Å². The largest absolute Gasteiger partial charge is 0.487 e. The summed E-state index contributed by atoms with van der Waals surface area (Å²) in [6, 6.07) is 19.3. The summed E-state index contributed by atoms with van der Waals surface area (Å²) in [5.41, 5.74) is 1.57. The second-order valence-electron chi connectivity index (χ2n) is 12.8. The maximum Gasteiger partial charge on any atom is 0.411 e. The quantitative estimate of drug-likeness (QED) is 0.332. The molecule has 1 saturated heterocycles. The first-order chi connectivity index (χ1) is 20.0. The minimum Gasteiger partial charge on any atom is -0.487 e. The first kappa shape index (κ1) is 30.0. The summed E-state index contributed by atoms with van der Waals surface area (Å²) in [7, 11) is 0. The fourth-order valence-electron chi connectivity index (χ4n) is 6.46. The monoisotopic (exact) mass is 575 g/mol. The van der Waals surface area contributed by atoms with Crippen LogP contribution in [0.4, 0.5) is 9.18 Å². The van der Waals surface area contributed by atoms with E-state index in [0.29, 0.717) is 19.6 Å². The number of ether oxygens (including phenoxy) is 2. The lowest BCUT2D eigenvalue weighted by Gasteiger charge is -2.39. The smallest absolute Gasteiger partial charge is 0.411 e. The molecule has 1 aliphatic carbocycles. The lowest BCUT2D eigenvalue weighted by atomic mass is 9.74. The van der Waals surface area contributed by atoms with E-state index in [4.69, 9.17) is 9.47 Å². The number of rotatable bonds is 7. The summed E-state index contributed by atoms with van der Waals surface area (Å²) in [5.74, 6) is 0.451. The highest BCUT2D eigenvalue weighted by Crippen LogP contribution is 2.53. The molecule has 7 nitrogen and oxygen atoms in total. The fourth-order valence-corrected chi connectivity index (χ4v) is 6.46. The Balaban J connectivity index is 1.29. The van der Waals surface area contributed by atoms with E-state index < -0.39 is 23.2 Å². The third kappa shape index (κ3) is 6.76. The number of pyridine rings is 1. The number of fused-ring (bicyclic) bond motifs is 1. The van der Waals surface area contributed by atoms with Crippen molar-refractivity contribution in [2.75, 3.05) is 0 Å². The minimum absolute atomic E-state index is 0.146. The second kappa shape index (κ2) is 12.4. The number of amides is 1. The van der Waals surface area contributed by atoms with Gasteiger partial charge in [0.2, 0.25) is 0 Å². The van der Waals surface area contributed by atoms with Crippen molar-refractivity contribution in [1.29, 1.82) is 0 Å². The van der Waals surface area contributed by atoms with Crippen LogP contribution in [0, 0.1) is 11.2 Å². The standard InChI is InChI=1S/C34H42FN3O4/c1-33(2,3)42-32(40)38-29(24-13-15-25(35)16-14-24)20-34(4)30(38)10-7-9-28(31(34)39)37-21-23-11-17-27(18-12-23)41-22-26-8-5-6-19-36-26/h5-6,8,11-19,28-31,37,39H,7,9-10,20-22H2,1-4H3/t28-,29+,30+,31+,34+/m0/s1. The van der Waals surface area contributed by atoms with E-state index in [1.807, 2.05) is 68.1 Å². The number of benzene rings is 2. The summed E-state index contributed by atoms with van der Waals surface area (Å²) in [5, 5.41) is 15.5. The maximum absolute atomic E-state index is 13.8. The molecule has 2 heterocycles. The molecule has 5 rings (SSSR count). The number of nitrogens with zero attached hydrogens (tertiary/aromatic N) is 2. The van der Waals surface area contributed by atoms with E-state index >= 15 is 0 Å². The van der Waals surface area contributed by atoms with Gasteiger partial charge in [-0.1, -0.05) is 37.3 Å². The normalized spacial score (nSPS) is 25.9. The highest BCUT2D eigenvalue weighted by molar-refractivity contribution is 5.70. The van der Waals surface area contributed by atoms with Gasteiger partial charge in [-0.3, -0.25) is 9.88 Å². The van der Waals surface area contributed by atoms with Crippen molar-refractivity contribution in [1.82, 2.24) is 15.2 Å². The molecule has 1 saturated carbocycles. The van der Waals surface area contributed by atoms with Gasteiger partial charge in [-0.05, 0) is 94.0 Å². The average Bonchev–Trinajstić information content (AvgIpc) is 3.21. The van der Waals surface area contributed by atoms with E-state index in [1.165, 1.54) is 12.1 Å². The van der Waals surface area contributed by atoms with Crippen LogP contribution in [0.1, 0.15) is 76.2 Å². The third-order valence-corrected chi connectivity index (χ3v) is 8.58. The van der Waals surface area contributed by atoms with E-state index in [1.54, 1.807) is 18.3 Å². The zero-order chi connectivity index (χ0) is 29.9. The Morgan fingerprint density at radius 3 is 2.50 bits per heavy atom. The Kier molecular flexibility index (Phi) is 8.85. The summed E-state index contributed by atoms with van der Waals surface area (Å²) in [6.45, 7) is 8.65. The fraction of sp³-hybridized carbons (Fsp3) is 0.471. The van der Waals surface area contributed by atoms with Gasteiger partial charge in [0.25, 0.3) is 0 Å². The van der Waals surface area contributed by atoms with Crippen molar-refractivity contribution in [3.8, 4) is 5.75 Å². The Morgan fingerprint density at radius 1 is 1.10 bits per heavy atom. The number of nitrogens with one attached hydrogen (secondary N) is 1. The first-order valence-electron chi connectivity index (χ1n) is 14.8. The van der Waals surface area contributed by atoms with Gasteiger partial charge < -0.3 is 19.9 Å². The molecule has 1 aromatic heterocycles. The number of aliphatic hydroxyl groups is 1. The highest BCUT2D eigenvalue weighted by Gasteiger charge is 2.57. The number of aromatic nitrogens is 1. The van der Waals surface area contributed by atoms with Crippen LogP contribution in [0.15, 0.2) is 72.9 Å². The molecule has 1 aliphatic heterocycles. The molecular weight excluding hydrogens is 533 g/mol. The zero-order valence-electron chi connectivity index (χ0n) is 24.9. The second-order valence-corrected chi connectivity index (χ2v) is 12.8. The van der Waals surface area contributed by atoms with Crippen LogP contribution >= 0.6 is 0 Å². The molecule has 2 aliphatic rings. The minimum atomic E-state index is -0.693. The molecular formula is C34H42FN3O4. The highest BCUT2D eigenvalue weighted by atomic mass is 19.1. The Labute approximate surface area is 248 Å². The van der Waals surface area contributed by atoms with Crippen molar-refractivity contribution in [2.45, 2.75) is 96.4 Å². The number of aliphatic hydroxyl groups excluding tert-OH is 1. The van der Waals surface area contributed by atoms with Crippen LogP contribution in [0.5, 0.6) is 5.75 Å². The first-order valence-corrected chi connectivity index (χ1v) is 14.8. The molecule has 8 heteroatoms. The zero-order valence-corrected chi connectivity index (χ0v) is 24.9. The van der Waals surface area contributed by atoms with Gasteiger partial charge in [-0.15, -0.1) is 0 Å². The number of hydrogen-bond donors (Lipinski definition) is 2. The van der Waals surface area contributed by atoms with Gasteiger partial charge in [0, 0.05) is 30.2 Å². The van der Waals surface area contributed by atoms with Gasteiger partial charge in [0.05, 0.1) is 17.8 Å². The van der Waals surface area contributed by atoms with E-state index in [9.17, 15) is 14.3 Å². The number of hydrogen-bond acceptors (Lipinski definition) is 6. The molecule has 2 fully saturated rings. The van der Waals surface area contributed by atoms with Crippen molar-refractivity contribution < 1.29 is 23.8 Å². The van der Waals surface area contributed by atoms with E-state index in [-0.39, 0.29) is 23.9 Å². The molecule has 224 valence electrons. The Hall–Kier alpha value is -3.49. The van der Waals surface area contributed by atoms with Gasteiger partial charge in [-0.25, -0.2) is 9.18 Å². The lowest BCUT2D eigenvalue weighted by Crippen LogP contribution is -2.52. The molecule has 1 amide bonds. The van der Waals surface area contributed by atoms with Crippen molar-refractivity contribution in [3.05, 3.63) is 95.6 Å². The van der Waals surface area contributed by atoms with Crippen LogP contribution < -0.4 is 10.1 Å². The van der Waals surface area contributed by atoms with Crippen molar-refractivity contribution in [3.63, 3.8) is 0 Å². The topological polar surface area (TPSA) is 83.9 Å². The van der Waals surface area contributed by atoms with E-state index in [0.717, 1.165) is 41.8 Å². The predicted molar refractivity (Wildman–Crippen MR) is 159 cm³/mol. The SMILES string of the molecule is CC(C)(C)OC(=O)N1[C@@H](c2ccc(F)cc2)C[C@@]2(C)[C@H](O)[C@@H](NCc3ccc(OCc4ccccn4)cc3)CCC[C@@H]12. The summed E-state index contributed by atoms with van der Waals surface area (Å²) < 4.78 is 25.5. The summed E-state index contributed by atoms with van der Waals surface area (Å²) in [6.07, 6.45) is 3.62. The predicted octanol–water partition coefficient (Wildman–Crippen LogP) is 6.56. The third-order valence-electron chi connectivity index (χ3n) is 8.58. The van der Waals surface area contributed by atoms with Crippen LogP contribution in [0.25, 0.3) is 0 Å². The number of carbonyl (C=O) groups excluding carboxylic acids is 1. The van der Waals surface area contributed by atoms with Crippen LogP contribution in [0.3, 0.4) is 0 Å². The summed E-state index contributed by atoms with van der Waals surface area (Å²) >= 11 is 0. The lowest BCUT2D eigenvalue weighted by molar-refractivity contribution is -0.0186. The van der Waals surface area contributed by atoms with Gasteiger partial charge in [0.15, 0.2) is 0 Å². The van der Waals surface area contributed by atoms with Crippen LogP contribution in [0.2, 0.25) is 0 Å². The van der Waals surface area contributed by atoms with Gasteiger partial charge in [-0.2, -0.15) is 0 Å². The average molecular weight is 576 g/mol. The Morgan fingerprint density at radius 2 is 1.83 bits per heavy atom. The van der Waals surface area contributed by atoms with Crippen molar-refractivity contribution in [2.24, 2.45) is 5.41 Å². The van der Waals surface area contributed by atoms with Crippen LogP contribution in [-0.2, 0) is 17.9 Å². The molecule has 5 atom stereocenters. The van der Waals surface area contributed by atoms with Crippen LogP contribution in [-0.4, -0.2) is 44.9 Å². The van der Waals surface area contributed by atoms with Gasteiger partial charge >= 0.3 is 6.09 Å². The maximum atomic E-state index is 13.8. The molecule has 2 N–H and O–H groups in total. The van der Waals surface area contributed by atoms with E-state index in [2.05, 4.69) is 17.2 Å².